The number of carbonyl (C=O) groups is 3. The average molecular weight is 433 g/mol. The molecule has 0 aromatic rings. The van der Waals surface area contributed by atoms with Crippen molar-refractivity contribution in [1.29, 1.82) is 0 Å². The number of amides is 2. The molecular weight excluding hydrogens is 392 g/mol. The van der Waals surface area contributed by atoms with E-state index in [1.165, 1.54) is 4.90 Å². The van der Waals surface area contributed by atoms with E-state index in [1.807, 2.05) is 0 Å². The standard InChI is InChI=1S/C19H40N6O5/c20-9-3-1-7-15(14-30-19(28)29)24-17(26)13-25(12-6-5-11-22)18(27)16(23)8-2-4-10-21/h15-16H,1-14,20-23H2,(H,24,26)(H,28,29)/t15-,16+/m0/s1. The lowest BCUT2D eigenvalue weighted by molar-refractivity contribution is -0.137. The molecule has 0 aliphatic heterocycles. The summed E-state index contributed by atoms with van der Waals surface area (Å²) < 4.78 is 4.61. The van der Waals surface area contributed by atoms with Crippen molar-refractivity contribution in [1.82, 2.24) is 10.2 Å². The summed E-state index contributed by atoms with van der Waals surface area (Å²) in [6.45, 7) is 1.59. The Morgan fingerprint density at radius 3 is 2.03 bits per heavy atom. The third kappa shape index (κ3) is 14.1. The molecule has 0 saturated carbocycles. The first-order valence-electron chi connectivity index (χ1n) is 10.6. The van der Waals surface area contributed by atoms with Gasteiger partial charge in [-0.2, -0.15) is 0 Å². The van der Waals surface area contributed by atoms with Gasteiger partial charge in [-0.05, 0) is 58.2 Å². The van der Waals surface area contributed by atoms with E-state index in [-0.39, 0.29) is 19.1 Å². The van der Waals surface area contributed by atoms with E-state index in [2.05, 4.69) is 10.1 Å². The van der Waals surface area contributed by atoms with Crippen LogP contribution in [0, 0.1) is 0 Å². The molecule has 2 amide bonds. The number of ether oxygens (including phenoxy) is 1. The summed E-state index contributed by atoms with van der Waals surface area (Å²) in [6.07, 6.45) is 3.99. The Kier molecular flexibility index (Phi) is 16.7. The molecule has 0 aliphatic rings. The highest BCUT2D eigenvalue weighted by Crippen LogP contribution is 2.06. The first-order valence-corrected chi connectivity index (χ1v) is 10.6. The third-order valence-corrected chi connectivity index (χ3v) is 4.59. The van der Waals surface area contributed by atoms with Gasteiger partial charge in [0.1, 0.15) is 6.61 Å². The second-order valence-electron chi connectivity index (χ2n) is 7.27. The van der Waals surface area contributed by atoms with Gasteiger partial charge in [0, 0.05) is 6.54 Å². The molecule has 0 bridgehead atoms. The molecule has 0 spiro atoms. The van der Waals surface area contributed by atoms with Gasteiger partial charge in [-0.3, -0.25) is 9.59 Å². The minimum atomic E-state index is -1.41. The molecule has 0 unspecified atom stereocenters. The van der Waals surface area contributed by atoms with E-state index >= 15 is 0 Å². The predicted octanol–water partition coefficient (Wildman–Crippen LogP) is -0.681. The van der Waals surface area contributed by atoms with Crippen molar-refractivity contribution in [3.63, 3.8) is 0 Å². The number of nitrogens with zero attached hydrogens (tertiary/aromatic N) is 1. The topological polar surface area (TPSA) is 200 Å². The summed E-state index contributed by atoms with van der Waals surface area (Å²) in [7, 11) is 0. The minimum absolute atomic E-state index is 0.158. The molecule has 2 atom stereocenters. The molecule has 176 valence electrons. The zero-order valence-corrected chi connectivity index (χ0v) is 17.9. The van der Waals surface area contributed by atoms with Crippen LogP contribution >= 0.6 is 0 Å². The highest BCUT2D eigenvalue weighted by Gasteiger charge is 2.24. The second-order valence-corrected chi connectivity index (χ2v) is 7.27. The predicted molar refractivity (Wildman–Crippen MR) is 115 cm³/mol. The number of rotatable bonds is 18. The molecule has 0 fully saturated rings. The molecule has 0 aromatic heterocycles. The van der Waals surface area contributed by atoms with Gasteiger partial charge in [0.25, 0.3) is 0 Å². The van der Waals surface area contributed by atoms with E-state index in [9.17, 15) is 14.4 Å². The molecule has 0 rings (SSSR count). The molecule has 0 radical (unpaired) electrons. The van der Waals surface area contributed by atoms with Crippen LogP contribution in [0.5, 0.6) is 0 Å². The maximum Gasteiger partial charge on any atom is 0.505 e. The summed E-state index contributed by atoms with van der Waals surface area (Å²) in [4.78, 5) is 37.4. The molecule has 0 aliphatic carbocycles. The number of nitrogens with two attached hydrogens (primary N) is 4. The van der Waals surface area contributed by atoms with Crippen LogP contribution in [0.4, 0.5) is 4.79 Å². The number of hydrogen-bond acceptors (Lipinski definition) is 8. The summed E-state index contributed by atoms with van der Waals surface area (Å²) in [5.74, 6) is -0.683. The Balaban J connectivity index is 4.89. The number of hydrogen-bond donors (Lipinski definition) is 6. The fourth-order valence-corrected chi connectivity index (χ4v) is 2.93. The van der Waals surface area contributed by atoms with Crippen molar-refractivity contribution in [3.8, 4) is 0 Å². The lowest BCUT2D eigenvalue weighted by atomic mass is 10.1. The Morgan fingerprint density at radius 1 is 0.900 bits per heavy atom. The molecule has 10 N–H and O–H groups in total. The number of carboxylic acid groups (broad SMARTS) is 1. The van der Waals surface area contributed by atoms with Crippen molar-refractivity contribution in [2.24, 2.45) is 22.9 Å². The smallest absolute Gasteiger partial charge is 0.450 e. The summed E-state index contributed by atoms with van der Waals surface area (Å²) in [6, 6.07) is -1.18. The molecule has 0 heterocycles. The van der Waals surface area contributed by atoms with Crippen LogP contribution in [0.15, 0.2) is 0 Å². The molecule has 11 nitrogen and oxygen atoms in total. The quantitative estimate of drug-likeness (QED) is 0.120. The number of carbonyl (C=O) groups excluding carboxylic acids is 2. The van der Waals surface area contributed by atoms with Gasteiger partial charge < -0.3 is 43.0 Å². The van der Waals surface area contributed by atoms with E-state index < -0.39 is 24.1 Å². The first-order chi connectivity index (χ1) is 14.3. The SMILES string of the molecule is NCCCC[C@@H](COC(=O)O)NC(=O)CN(CCCCN)C(=O)[C@H](N)CCCCN. The molecule has 11 heteroatoms. The van der Waals surface area contributed by atoms with Crippen LogP contribution in [-0.2, 0) is 14.3 Å². The molecule has 0 aromatic carbocycles. The van der Waals surface area contributed by atoms with E-state index in [0.717, 1.165) is 32.1 Å². The van der Waals surface area contributed by atoms with Crippen LogP contribution in [0.3, 0.4) is 0 Å². The maximum absolute atomic E-state index is 12.7. The second kappa shape index (κ2) is 17.9. The highest BCUT2D eigenvalue weighted by molar-refractivity contribution is 5.87. The van der Waals surface area contributed by atoms with Gasteiger partial charge in [-0.15, -0.1) is 0 Å². The Morgan fingerprint density at radius 2 is 1.47 bits per heavy atom. The van der Waals surface area contributed by atoms with Crippen molar-refractivity contribution in [3.05, 3.63) is 0 Å². The minimum Gasteiger partial charge on any atom is -0.450 e. The van der Waals surface area contributed by atoms with Gasteiger partial charge in [0.2, 0.25) is 11.8 Å². The van der Waals surface area contributed by atoms with Gasteiger partial charge in [-0.1, -0.05) is 12.8 Å². The normalized spacial score (nSPS) is 12.8. The van der Waals surface area contributed by atoms with Crippen LogP contribution in [-0.4, -0.2) is 79.4 Å². The summed E-state index contributed by atoms with van der Waals surface area (Å²) in [5.41, 5.74) is 22.5. The Labute approximate surface area is 178 Å². The monoisotopic (exact) mass is 432 g/mol. The summed E-state index contributed by atoms with van der Waals surface area (Å²) >= 11 is 0. The van der Waals surface area contributed by atoms with Gasteiger partial charge >= 0.3 is 6.16 Å². The fourth-order valence-electron chi connectivity index (χ4n) is 2.93. The largest absolute Gasteiger partial charge is 0.505 e. The van der Waals surface area contributed by atoms with Crippen LogP contribution in [0.1, 0.15) is 51.4 Å². The lowest BCUT2D eigenvalue weighted by Gasteiger charge is -2.26. The van der Waals surface area contributed by atoms with E-state index in [4.69, 9.17) is 28.0 Å². The molecular formula is C19H40N6O5. The Bertz CT molecular complexity index is 494. The van der Waals surface area contributed by atoms with E-state index in [1.54, 1.807) is 0 Å². The number of nitrogens with one attached hydrogen (secondary N) is 1. The highest BCUT2D eigenvalue weighted by atomic mass is 16.7. The van der Waals surface area contributed by atoms with Crippen LogP contribution in [0.2, 0.25) is 0 Å². The molecule has 0 saturated heterocycles. The first kappa shape index (κ1) is 28.1. The zero-order valence-electron chi connectivity index (χ0n) is 17.9. The lowest BCUT2D eigenvalue weighted by Crippen LogP contribution is -2.50. The van der Waals surface area contributed by atoms with Gasteiger partial charge in [-0.25, -0.2) is 4.79 Å². The van der Waals surface area contributed by atoms with Crippen LogP contribution in [0.25, 0.3) is 0 Å². The fraction of sp³-hybridized carbons (Fsp3) is 0.842. The molecule has 30 heavy (non-hydrogen) atoms. The number of unbranched alkanes of at least 4 members (excludes halogenated alkanes) is 3. The van der Waals surface area contributed by atoms with Crippen molar-refractivity contribution >= 4 is 18.0 Å². The third-order valence-electron chi connectivity index (χ3n) is 4.59. The van der Waals surface area contributed by atoms with E-state index in [0.29, 0.717) is 45.4 Å². The van der Waals surface area contributed by atoms with Crippen molar-refractivity contribution < 1.29 is 24.2 Å². The maximum atomic E-state index is 12.7. The average Bonchev–Trinajstić information content (AvgIpc) is 2.70. The van der Waals surface area contributed by atoms with Crippen LogP contribution < -0.4 is 28.3 Å². The Hall–Kier alpha value is -1.95. The van der Waals surface area contributed by atoms with Crippen molar-refractivity contribution in [2.75, 3.05) is 39.3 Å². The summed E-state index contributed by atoms with van der Waals surface area (Å²) in [5, 5.41) is 11.5. The van der Waals surface area contributed by atoms with Gasteiger partial charge in [0.15, 0.2) is 0 Å². The van der Waals surface area contributed by atoms with Gasteiger partial charge in [0.05, 0.1) is 18.6 Å². The zero-order chi connectivity index (χ0) is 22.8. The van der Waals surface area contributed by atoms with Crippen molar-refractivity contribution in [2.45, 2.75) is 63.5 Å².